The van der Waals surface area contributed by atoms with Crippen LogP contribution in [0.4, 0.5) is 5.82 Å². The monoisotopic (exact) mass is 521 g/mol. The van der Waals surface area contributed by atoms with E-state index in [0.717, 1.165) is 10.1 Å². The van der Waals surface area contributed by atoms with Crippen LogP contribution in [0.25, 0.3) is 0 Å². The first-order valence-corrected chi connectivity index (χ1v) is 13.5. The largest absolute Gasteiger partial charge is 0.387 e. The number of hydrogen-bond acceptors (Lipinski definition) is 10. The second kappa shape index (κ2) is 10.8. The average molecular weight is 521 g/mol. The van der Waals surface area contributed by atoms with Crippen molar-refractivity contribution < 1.29 is 48.1 Å². The number of aliphatic hydroxyl groups is 2. The van der Waals surface area contributed by atoms with E-state index >= 15 is 0 Å². The zero-order chi connectivity index (χ0) is 25.1. The lowest BCUT2D eigenvalue weighted by Gasteiger charge is -2.19. The van der Waals surface area contributed by atoms with Crippen LogP contribution in [0.2, 0.25) is 0 Å². The molecule has 0 spiro atoms. The number of rotatable bonds is 10. The van der Waals surface area contributed by atoms with Gasteiger partial charge in [0.1, 0.15) is 18.3 Å². The maximum atomic E-state index is 12.5. The molecule has 0 aliphatic carbocycles. The number of aliphatic hydroxyl groups excluding tert-OH is 2. The van der Waals surface area contributed by atoms with E-state index in [-0.39, 0.29) is 12.4 Å². The summed E-state index contributed by atoms with van der Waals surface area (Å²) in [7, 11) is -9.54. The zero-order valence-electron chi connectivity index (χ0n) is 17.9. The number of benzene rings is 1. The predicted octanol–water partition coefficient (Wildman–Crippen LogP) is 0.0518. The van der Waals surface area contributed by atoms with Gasteiger partial charge in [0.15, 0.2) is 17.9 Å². The highest BCUT2D eigenvalue weighted by Crippen LogP contribution is 2.55. The molecular weight excluding hydrogens is 496 g/mol. The van der Waals surface area contributed by atoms with Gasteiger partial charge in [-0.2, -0.15) is 4.98 Å². The van der Waals surface area contributed by atoms with Crippen LogP contribution >= 0.6 is 15.2 Å². The summed E-state index contributed by atoms with van der Waals surface area (Å²) in [4.78, 5) is 49.0. The number of ether oxygens (including phenoxy) is 1. The summed E-state index contributed by atoms with van der Waals surface area (Å²) >= 11 is 0. The van der Waals surface area contributed by atoms with Gasteiger partial charge in [-0.05, 0) is 12.5 Å². The van der Waals surface area contributed by atoms with Crippen molar-refractivity contribution in [3.05, 3.63) is 58.1 Å². The molecule has 2 heterocycles. The van der Waals surface area contributed by atoms with Crippen LogP contribution in [0.5, 0.6) is 0 Å². The summed E-state index contributed by atoms with van der Waals surface area (Å²) in [6.07, 6.45) is -4.70. The van der Waals surface area contributed by atoms with Crippen molar-refractivity contribution in [2.24, 2.45) is 0 Å². The number of hydrogen-bond donors (Lipinski definition) is 6. The summed E-state index contributed by atoms with van der Waals surface area (Å²) in [6, 6.07) is 9.26. The lowest BCUT2D eigenvalue weighted by atomic mass is 10.1. The first-order valence-electron chi connectivity index (χ1n) is 9.90. The van der Waals surface area contributed by atoms with E-state index in [1.165, 1.54) is 6.20 Å². The van der Waals surface area contributed by atoms with E-state index in [1.54, 1.807) is 6.92 Å². The van der Waals surface area contributed by atoms with Crippen molar-refractivity contribution >= 4 is 21.0 Å². The van der Waals surface area contributed by atoms with Crippen molar-refractivity contribution in [1.29, 1.82) is 0 Å². The topological polar surface area (TPSA) is 210 Å². The Balaban J connectivity index is 1.65. The molecule has 1 aromatic carbocycles. The molecule has 0 radical (unpaired) electrons. The fourth-order valence-electron chi connectivity index (χ4n) is 3.17. The molecule has 1 aliphatic heterocycles. The van der Waals surface area contributed by atoms with Crippen molar-refractivity contribution in [3.63, 3.8) is 0 Å². The van der Waals surface area contributed by atoms with Crippen molar-refractivity contribution in [2.45, 2.75) is 38.1 Å². The Labute approximate surface area is 193 Å². The number of anilines is 1. The van der Waals surface area contributed by atoms with Crippen LogP contribution in [0.1, 0.15) is 17.4 Å². The molecule has 188 valence electrons. The minimum Gasteiger partial charge on any atom is -0.387 e. The third-order valence-electron chi connectivity index (χ3n) is 4.80. The highest BCUT2D eigenvalue weighted by molar-refractivity contribution is 7.70. The second-order valence-electron chi connectivity index (χ2n) is 7.62. The van der Waals surface area contributed by atoms with Gasteiger partial charge in [-0.15, -0.1) is 0 Å². The van der Waals surface area contributed by atoms with Crippen molar-refractivity contribution in [1.82, 2.24) is 9.55 Å². The third-order valence-corrected chi connectivity index (χ3v) is 8.26. The van der Waals surface area contributed by atoms with E-state index in [1.807, 2.05) is 30.3 Å². The van der Waals surface area contributed by atoms with Crippen LogP contribution in [0.15, 0.2) is 41.3 Å². The summed E-state index contributed by atoms with van der Waals surface area (Å²) in [6.45, 7) is 1.05. The minimum atomic E-state index is -4.84. The Morgan fingerprint density at radius 3 is 2.47 bits per heavy atom. The number of nitrogens with zero attached hydrogens (tertiary/aromatic N) is 2. The van der Waals surface area contributed by atoms with Gasteiger partial charge in [-0.1, -0.05) is 30.3 Å². The maximum absolute atomic E-state index is 12.5. The Morgan fingerprint density at radius 1 is 1.15 bits per heavy atom. The number of aryl methyl sites for hydroxylation is 1. The molecule has 0 amide bonds. The molecule has 2 aromatic rings. The van der Waals surface area contributed by atoms with Crippen LogP contribution < -0.4 is 11.2 Å². The van der Waals surface area contributed by atoms with E-state index in [0.29, 0.717) is 5.56 Å². The Morgan fingerprint density at radius 2 is 1.82 bits per heavy atom. The summed E-state index contributed by atoms with van der Waals surface area (Å²) in [5.74, 6) is -1.29. The molecule has 1 aliphatic rings. The van der Waals surface area contributed by atoms with Crippen LogP contribution in [-0.2, 0) is 29.8 Å². The molecule has 1 aromatic heterocycles. The average Bonchev–Trinajstić information content (AvgIpc) is 3.02. The van der Waals surface area contributed by atoms with Gasteiger partial charge in [-0.3, -0.25) is 18.5 Å². The maximum Gasteiger partial charge on any atom is 0.351 e. The van der Waals surface area contributed by atoms with Gasteiger partial charge in [0.05, 0.1) is 13.2 Å². The normalized spacial score (nSPS) is 24.6. The van der Waals surface area contributed by atoms with Crippen LogP contribution in [0.3, 0.4) is 0 Å². The summed E-state index contributed by atoms with van der Waals surface area (Å²) < 4.78 is 33.7. The molecule has 1 saturated heterocycles. The van der Waals surface area contributed by atoms with E-state index in [2.05, 4.69) is 15.0 Å². The molecule has 14 nitrogen and oxygen atoms in total. The van der Waals surface area contributed by atoms with Crippen LogP contribution in [0, 0.1) is 6.92 Å². The molecule has 3 rings (SSSR count). The standard InChI is InChI=1S/C18H25N3O11P2/c1-11-7-21(18(24)19-16(11)20-30-8-12-5-3-2-4-6-12)17-15(23)14(22)13(32-17)9-31-34(28,29)10-33(25,26)27/h2-7,13-15,17,22-23H,8-10H2,1H3,(H,28,29)(H,19,20,24)(H2,25,26,27)/t13-,14?,15?,17-/m1/s1. The molecule has 6 N–H and O–H groups in total. The van der Waals surface area contributed by atoms with Crippen LogP contribution in [-0.4, -0.2) is 65.3 Å². The molecule has 1 fully saturated rings. The minimum absolute atomic E-state index is 0.128. The summed E-state index contributed by atoms with van der Waals surface area (Å²) in [5, 5.41) is 20.5. The molecule has 34 heavy (non-hydrogen) atoms. The Bertz CT molecular complexity index is 1140. The molecule has 3 unspecified atom stereocenters. The van der Waals surface area contributed by atoms with Crippen molar-refractivity contribution in [3.8, 4) is 0 Å². The van der Waals surface area contributed by atoms with E-state index in [9.17, 15) is 29.0 Å². The molecule has 0 saturated carbocycles. The molecule has 0 bridgehead atoms. The highest BCUT2D eigenvalue weighted by Gasteiger charge is 2.45. The van der Waals surface area contributed by atoms with Gasteiger partial charge in [-0.25, -0.2) is 10.3 Å². The first-order chi connectivity index (χ1) is 15.9. The second-order valence-corrected chi connectivity index (χ2v) is 11.6. The van der Waals surface area contributed by atoms with Gasteiger partial charge >= 0.3 is 20.9 Å². The zero-order valence-corrected chi connectivity index (χ0v) is 19.7. The number of nitrogens with one attached hydrogen (secondary N) is 1. The molecule has 5 atom stereocenters. The SMILES string of the molecule is Cc1cn([C@@H]2O[C@H](COP(=O)(O)CP(=O)(O)O)C(O)C2O)c(=O)nc1NOCc1ccccc1. The molecule has 16 heteroatoms. The summed E-state index contributed by atoms with van der Waals surface area (Å²) in [5.41, 5.74) is 3.07. The van der Waals surface area contributed by atoms with Gasteiger partial charge < -0.3 is 34.2 Å². The Hall–Kier alpha value is -1.96. The highest BCUT2D eigenvalue weighted by atomic mass is 31.2. The van der Waals surface area contributed by atoms with Crippen molar-refractivity contribution in [2.75, 3.05) is 18.0 Å². The fraction of sp³-hybridized carbons (Fsp3) is 0.444. The first kappa shape index (κ1) is 26.6. The van der Waals surface area contributed by atoms with E-state index in [4.69, 9.17) is 19.4 Å². The quantitative estimate of drug-likeness (QED) is 0.181. The van der Waals surface area contributed by atoms with Gasteiger partial charge in [0.2, 0.25) is 0 Å². The lowest BCUT2D eigenvalue weighted by molar-refractivity contribution is -0.0524. The Kier molecular flexibility index (Phi) is 8.43. The third kappa shape index (κ3) is 7.03. The van der Waals surface area contributed by atoms with Gasteiger partial charge in [0.25, 0.3) is 0 Å². The predicted molar refractivity (Wildman–Crippen MR) is 117 cm³/mol. The van der Waals surface area contributed by atoms with E-state index < -0.39 is 57.9 Å². The fourth-order valence-corrected chi connectivity index (χ4v) is 5.74. The van der Waals surface area contributed by atoms with Gasteiger partial charge in [0, 0.05) is 11.8 Å². The molecular formula is C18H25N3O11P2. The number of aromatic nitrogens is 2. The smallest absolute Gasteiger partial charge is 0.351 e. The lowest BCUT2D eigenvalue weighted by Crippen LogP contribution is -2.36.